The summed E-state index contributed by atoms with van der Waals surface area (Å²) in [4.78, 5) is 6.86. The summed E-state index contributed by atoms with van der Waals surface area (Å²) in [6.07, 6.45) is 0. The van der Waals surface area contributed by atoms with E-state index >= 15 is 0 Å². The number of nitrogens with one attached hydrogen (secondary N) is 2. The van der Waals surface area contributed by atoms with Crippen LogP contribution in [0.4, 0.5) is 5.95 Å². The van der Waals surface area contributed by atoms with Crippen LogP contribution in [-0.4, -0.2) is 40.9 Å². The second-order valence-electron chi connectivity index (χ2n) is 5.24. The van der Waals surface area contributed by atoms with E-state index < -0.39 is 0 Å². The molecular formula is C14H18BrN5. The van der Waals surface area contributed by atoms with Crippen LogP contribution in [0.2, 0.25) is 0 Å². The van der Waals surface area contributed by atoms with Crippen molar-refractivity contribution in [2.45, 2.75) is 19.9 Å². The molecule has 3 rings (SSSR count). The number of hydrogen-bond acceptors (Lipinski definition) is 4. The van der Waals surface area contributed by atoms with Gasteiger partial charge in [-0.3, -0.25) is 5.10 Å². The number of halogens is 1. The van der Waals surface area contributed by atoms with Gasteiger partial charge in [0.2, 0.25) is 5.95 Å². The molecule has 0 aliphatic carbocycles. The molecule has 1 saturated heterocycles. The molecule has 20 heavy (non-hydrogen) atoms. The lowest BCUT2D eigenvalue weighted by Crippen LogP contribution is -2.49. The highest BCUT2D eigenvalue weighted by Gasteiger charge is 2.19. The van der Waals surface area contributed by atoms with Crippen LogP contribution in [-0.2, 0) is 0 Å². The smallest absolute Gasteiger partial charge is 0.245 e. The number of H-pyrrole nitrogens is 1. The minimum Gasteiger partial charge on any atom is -0.337 e. The summed E-state index contributed by atoms with van der Waals surface area (Å²) in [5, 5.41) is 10.8. The van der Waals surface area contributed by atoms with E-state index in [1.54, 1.807) is 0 Å². The summed E-state index contributed by atoms with van der Waals surface area (Å²) in [6, 6.07) is 6.64. The van der Waals surface area contributed by atoms with Gasteiger partial charge in [-0.05, 0) is 37.6 Å². The fourth-order valence-electron chi connectivity index (χ4n) is 2.52. The molecule has 0 bridgehead atoms. The molecule has 2 aromatic rings. The van der Waals surface area contributed by atoms with Gasteiger partial charge in [0.25, 0.3) is 0 Å². The van der Waals surface area contributed by atoms with Gasteiger partial charge in [-0.2, -0.15) is 4.98 Å². The molecule has 1 atom stereocenters. The summed E-state index contributed by atoms with van der Waals surface area (Å²) >= 11 is 3.48. The van der Waals surface area contributed by atoms with Crippen LogP contribution >= 0.6 is 15.9 Å². The number of aromatic nitrogens is 3. The summed E-state index contributed by atoms with van der Waals surface area (Å²) < 4.78 is 1.08. The van der Waals surface area contributed by atoms with Crippen molar-refractivity contribution >= 4 is 21.9 Å². The van der Waals surface area contributed by atoms with Gasteiger partial charge in [0.1, 0.15) is 0 Å². The highest BCUT2D eigenvalue weighted by Crippen LogP contribution is 2.24. The molecule has 1 aromatic carbocycles. The summed E-state index contributed by atoms with van der Waals surface area (Å²) in [6.45, 7) is 7.12. The Kier molecular flexibility index (Phi) is 3.76. The number of hydrogen-bond donors (Lipinski definition) is 2. The van der Waals surface area contributed by atoms with Crippen LogP contribution in [0.25, 0.3) is 11.4 Å². The van der Waals surface area contributed by atoms with Crippen molar-refractivity contribution in [1.29, 1.82) is 0 Å². The van der Waals surface area contributed by atoms with Crippen LogP contribution in [0.15, 0.2) is 22.7 Å². The highest BCUT2D eigenvalue weighted by molar-refractivity contribution is 9.10. The van der Waals surface area contributed by atoms with Gasteiger partial charge in [0.15, 0.2) is 5.82 Å². The van der Waals surface area contributed by atoms with Crippen molar-refractivity contribution < 1.29 is 0 Å². The minimum absolute atomic E-state index is 0.472. The van der Waals surface area contributed by atoms with Crippen molar-refractivity contribution in [1.82, 2.24) is 20.5 Å². The Labute approximate surface area is 126 Å². The second-order valence-corrected chi connectivity index (χ2v) is 6.16. The Bertz CT molecular complexity index is 609. The van der Waals surface area contributed by atoms with Gasteiger partial charge in [0, 0.05) is 35.7 Å². The lowest BCUT2D eigenvalue weighted by Gasteiger charge is -2.30. The van der Waals surface area contributed by atoms with Gasteiger partial charge in [-0.25, -0.2) is 0 Å². The molecule has 6 heteroatoms. The van der Waals surface area contributed by atoms with Crippen LogP contribution in [0.3, 0.4) is 0 Å². The number of aromatic amines is 1. The fourth-order valence-corrected chi connectivity index (χ4v) is 3.00. The lowest BCUT2D eigenvalue weighted by atomic mass is 10.1. The number of anilines is 1. The Balaban J connectivity index is 1.86. The Morgan fingerprint density at radius 1 is 1.40 bits per heavy atom. The summed E-state index contributed by atoms with van der Waals surface area (Å²) in [7, 11) is 0. The third kappa shape index (κ3) is 2.71. The van der Waals surface area contributed by atoms with Gasteiger partial charge in [0.05, 0.1) is 0 Å². The summed E-state index contributed by atoms with van der Waals surface area (Å²) in [5.41, 5.74) is 2.27. The first-order chi connectivity index (χ1) is 9.63. The molecule has 1 aliphatic rings. The number of aryl methyl sites for hydroxylation is 1. The van der Waals surface area contributed by atoms with Crippen molar-refractivity contribution in [2.24, 2.45) is 0 Å². The maximum atomic E-state index is 4.65. The Morgan fingerprint density at radius 3 is 3.00 bits per heavy atom. The van der Waals surface area contributed by atoms with E-state index in [0.29, 0.717) is 6.04 Å². The molecule has 0 spiro atoms. The zero-order valence-electron chi connectivity index (χ0n) is 11.7. The third-order valence-electron chi connectivity index (χ3n) is 3.57. The highest BCUT2D eigenvalue weighted by atomic mass is 79.9. The van der Waals surface area contributed by atoms with E-state index in [9.17, 15) is 0 Å². The minimum atomic E-state index is 0.472. The predicted octanol–water partition coefficient (Wildman–Crippen LogP) is 2.34. The Hall–Kier alpha value is -1.40. The molecule has 0 radical (unpaired) electrons. The fraction of sp³-hybridized carbons (Fsp3) is 0.429. The van der Waals surface area contributed by atoms with E-state index in [4.69, 9.17) is 0 Å². The first kappa shape index (κ1) is 13.6. The van der Waals surface area contributed by atoms with Crippen molar-refractivity contribution in [2.75, 3.05) is 24.5 Å². The molecule has 5 nitrogen and oxygen atoms in total. The molecule has 1 aromatic heterocycles. The van der Waals surface area contributed by atoms with Crippen LogP contribution in [0.1, 0.15) is 12.5 Å². The molecule has 1 aliphatic heterocycles. The quantitative estimate of drug-likeness (QED) is 0.884. The maximum absolute atomic E-state index is 4.65. The number of nitrogens with zero attached hydrogens (tertiary/aromatic N) is 3. The third-order valence-corrected chi connectivity index (χ3v) is 4.06. The molecule has 0 saturated carbocycles. The molecular weight excluding hydrogens is 318 g/mol. The van der Waals surface area contributed by atoms with Crippen LogP contribution < -0.4 is 10.2 Å². The van der Waals surface area contributed by atoms with Crippen molar-refractivity contribution in [3.05, 3.63) is 28.2 Å². The average molecular weight is 336 g/mol. The predicted molar refractivity (Wildman–Crippen MR) is 83.9 cm³/mol. The monoisotopic (exact) mass is 335 g/mol. The first-order valence-corrected chi connectivity index (χ1v) is 7.60. The van der Waals surface area contributed by atoms with E-state index in [1.165, 1.54) is 5.56 Å². The van der Waals surface area contributed by atoms with Gasteiger partial charge < -0.3 is 10.2 Å². The number of benzene rings is 1. The van der Waals surface area contributed by atoms with Crippen LogP contribution in [0.5, 0.6) is 0 Å². The topological polar surface area (TPSA) is 56.8 Å². The van der Waals surface area contributed by atoms with E-state index in [1.807, 2.05) is 6.07 Å². The summed E-state index contributed by atoms with van der Waals surface area (Å²) in [5.74, 6) is 1.62. The van der Waals surface area contributed by atoms with Crippen LogP contribution in [0, 0.1) is 6.92 Å². The molecule has 1 fully saturated rings. The average Bonchev–Trinajstić information content (AvgIpc) is 2.88. The Morgan fingerprint density at radius 2 is 2.25 bits per heavy atom. The normalized spacial score (nSPS) is 19.4. The van der Waals surface area contributed by atoms with Crippen molar-refractivity contribution in [3.8, 4) is 11.4 Å². The SMILES string of the molecule is Cc1cc(Br)ccc1-c1nc(N2CCNC(C)C2)n[nH]1. The first-order valence-electron chi connectivity index (χ1n) is 6.81. The van der Waals surface area contributed by atoms with Gasteiger partial charge in [-0.15, -0.1) is 5.10 Å². The molecule has 0 amide bonds. The van der Waals surface area contributed by atoms with Gasteiger partial charge >= 0.3 is 0 Å². The number of piperazine rings is 1. The zero-order chi connectivity index (χ0) is 14.1. The second kappa shape index (κ2) is 5.54. The van der Waals surface area contributed by atoms with Crippen molar-refractivity contribution in [3.63, 3.8) is 0 Å². The lowest BCUT2D eigenvalue weighted by molar-refractivity contribution is 0.480. The zero-order valence-corrected chi connectivity index (χ0v) is 13.2. The largest absolute Gasteiger partial charge is 0.337 e. The van der Waals surface area contributed by atoms with Gasteiger partial charge in [-0.1, -0.05) is 15.9 Å². The van der Waals surface area contributed by atoms with E-state index in [0.717, 1.165) is 41.4 Å². The van der Waals surface area contributed by atoms with E-state index in [2.05, 4.69) is 67.3 Å². The maximum Gasteiger partial charge on any atom is 0.245 e. The molecule has 1 unspecified atom stereocenters. The molecule has 106 valence electrons. The van der Waals surface area contributed by atoms with E-state index in [-0.39, 0.29) is 0 Å². The number of rotatable bonds is 2. The molecule has 2 N–H and O–H groups in total. The molecule has 2 heterocycles. The standard InChI is InChI=1S/C14H18BrN5/c1-9-7-11(15)3-4-12(9)13-17-14(19-18-13)20-6-5-16-10(2)8-20/h3-4,7,10,16H,5-6,8H2,1-2H3,(H,17,18,19).